The van der Waals surface area contributed by atoms with E-state index in [1.807, 2.05) is 24.3 Å². The largest absolute Gasteiger partial charge is 0.296 e. The second kappa shape index (κ2) is 7.21. The van der Waals surface area contributed by atoms with E-state index in [9.17, 15) is 4.79 Å². The van der Waals surface area contributed by atoms with Crippen LogP contribution in [0.4, 0.5) is 5.13 Å². The molecule has 0 radical (unpaired) electrons. The van der Waals surface area contributed by atoms with Crippen LogP contribution in [0, 0.1) is 0 Å². The van der Waals surface area contributed by atoms with Gasteiger partial charge >= 0.3 is 0 Å². The van der Waals surface area contributed by atoms with Gasteiger partial charge in [0.25, 0.3) is 5.91 Å². The van der Waals surface area contributed by atoms with E-state index in [1.54, 1.807) is 17.8 Å². The number of nitrogens with one attached hydrogen (secondary N) is 1. The summed E-state index contributed by atoms with van der Waals surface area (Å²) in [6.45, 7) is 5.73. The molecule has 0 aliphatic carbocycles. The Balaban J connectivity index is 1.99. The third-order valence-corrected chi connectivity index (χ3v) is 4.54. The van der Waals surface area contributed by atoms with Gasteiger partial charge in [-0.15, -0.1) is 16.8 Å². The molecule has 104 valence electrons. The minimum atomic E-state index is -0.163. The molecule has 0 fully saturated rings. The number of hydrogen-bond donors (Lipinski definition) is 1. The first-order valence-corrected chi connectivity index (χ1v) is 8.00. The van der Waals surface area contributed by atoms with E-state index in [1.165, 1.54) is 16.9 Å². The Morgan fingerprint density at radius 1 is 1.40 bits per heavy atom. The fourth-order valence-electron chi connectivity index (χ4n) is 1.51. The van der Waals surface area contributed by atoms with Crippen molar-refractivity contribution in [3.63, 3.8) is 0 Å². The number of amides is 1. The lowest BCUT2D eigenvalue weighted by atomic mass is 10.1. The monoisotopic (exact) mass is 305 g/mol. The van der Waals surface area contributed by atoms with Crippen molar-refractivity contribution < 1.29 is 4.79 Å². The third kappa shape index (κ3) is 3.91. The van der Waals surface area contributed by atoms with Crippen molar-refractivity contribution in [3.8, 4) is 0 Å². The summed E-state index contributed by atoms with van der Waals surface area (Å²) >= 11 is 2.91. The van der Waals surface area contributed by atoms with Crippen LogP contribution in [0.15, 0.2) is 41.3 Å². The van der Waals surface area contributed by atoms with Gasteiger partial charge in [0, 0.05) is 11.3 Å². The van der Waals surface area contributed by atoms with Gasteiger partial charge in [-0.1, -0.05) is 48.2 Å². The highest BCUT2D eigenvalue weighted by Gasteiger charge is 2.10. The predicted octanol–water partition coefficient (Wildman–Crippen LogP) is 3.63. The van der Waals surface area contributed by atoms with Crippen LogP contribution >= 0.6 is 23.1 Å². The molecule has 0 aliphatic rings. The Labute approximate surface area is 126 Å². The maximum absolute atomic E-state index is 12.0. The SMILES string of the molecule is C=CCSc1nnc(NC(=O)c2ccc(CC)cc2)s1. The molecule has 0 saturated heterocycles. The molecule has 2 aromatic rings. The zero-order valence-corrected chi connectivity index (χ0v) is 12.8. The number of nitrogens with zero attached hydrogens (tertiary/aromatic N) is 2. The van der Waals surface area contributed by atoms with Crippen LogP contribution in [-0.4, -0.2) is 21.9 Å². The van der Waals surface area contributed by atoms with Crippen LogP contribution in [0.5, 0.6) is 0 Å². The van der Waals surface area contributed by atoms with Gasteiger partial charge in [0.15, 0.2) is 4.34 Å². The minimum Gasteiger partial charge on any atom is -0.296 e. The summed E-state index contributed by atoms with van der Waals surface area (Å²) < 4.78 is 0.821. The average Bonchev–Trinajstić information content (AvgIpc) is 2.92. The highest BCUT2D eigenvalue weighted by Crippen LogP contribution is 2.25. The van der Waals surface area contributed by atoms with E-state index in [4.69, 9.17) is 0 Å². The number of benzene rings is 1. The molecule has 0 aliphatic heterocycles. The van der Waals surface area contributed by atoms with Crippen molar-refractivity contribution in [3.05, 3.63) is 48.0 Å². The van der Waals surface area contributed by atoms with Crippen LogP contribution in [0.1, 0.15) is 22.8 Å². The molecule has 1 aromatic heterocycles. The van der Waals surface area contributed by atoms with E-state index < -0.39 is 0 Å². The summed E-state index contributed by atoms with van der Waals surface area (Å²) in [7, 11) is 0. The molecule has 1 N–H and O–H groups in total. The van der Waals surface area contributed by atoms with Gasteiger partial charge in [0.2, 0.25) is 5.13 Å². The molecular formula is C14H15N3OS2. The lowest BCUT2D eigenvalue weighted by Gasteiger charge is -2.02. The molecule has 0 saturated carbocycles. The molecule has 0 unspecified atom stereocenters. The van der Waals surface area contributed by atoms with Crippen LogP contribution in [0.25, 0.3) is 0 Å². The first kappa shape index (κ1) is 14.7. The van der Waals surface area contributed by atoms with Crippen molar-refractivity contribution in [2.45, 2.75) is 17.7 Å². The molecule has 0 spiro atoms. The molecular weight excluding hydrogens is 290 g/mol. The Morgan fingerprint density at radius 2 is 2.15 bits per heavy atom. The summed E-state index contributed by atoms with van der Waals surface area (Å²) in [6, 6.07) is 7.56. The first-order chi connectivity index (χ1) is 9.72. The van der Waals surface area contributed by atoms with Gasteiger partial charge in [0.1, 0.15) is 0 Å². The molecule has 20 heavy (non-hydrogen) atoms. The van der Waals surface area contributed by atoms with Gasteiger partial charge in [-0.3, -0.25) is 10.1 Å². The normalized spacial score (nSPS) is 10.2. The summed E-state index contributed by atoms with van der Waals surface area (Å²) in [5, 5.41) is 11.2. The summed E-state index contributed by atoms with van der Waals surface area (Å²) in [5.74, 6) is 0.616. The van der Waals surface area contributed by atoms with Crippen molar-refractivity contribution in [1.82, 2.24) is 10.2 Å². The standard InChI is InChI=1S/C14H15N3OS2/c1-3-9-19-14-17-16-13(20-14)15-12(18)11-7-5-10(4-2)6-8-11/h3,5-8H,1,4,9H2,2H3,(H,15,16,18). The van der Waals surface area contributed by atoms with Gasteiger partial charge in [-0.05, 0) is 24.1 Å². The topological polar surface area (TPSA) is 54.9 Å². The smallest absolute Gasteiger partial charge is 0.257 e. The Kier molecular flexibility index (Phi) is 5.31. The van der Waals surface area contributed by atoms with E-state index in [0.29, 0.717) is 10.7 Å². The van der Waals surface area contributed by atoms with Gasteiger partial charge in [0.05, 0.1) is 0 Å². The zero-order valence-electron chi connectivity index (χ0n) is 11.1. The summed E-state index contributed by atoms with van der Waals surface area (Å²) in [6.07, 6.45) is 2.77. The van der Waals surface area contributed by atoms with Crippen molar-refractivity contribution in [2.24, 2.45) is 0 Å². The minimum absolute atomic E-state index is 0.163. The highest BCUT2D eigenvalue weighted by atomic mass is 32.2. The molecule has 4 nitrogen and oxygen atoms in total. The fraction of sp³-hybridized carbons (Fsp3) is 0.214. The fourth-order valence-corrected chi connectivity index (χ4v) is 3.02. The van der Waals surface area contributed by atoms with Crippen molar-refractivity contribution in [2.75, 3.05) is 11.1 Å². The number of carbonyl (C=O) groups is 1. The average molecular weight is 305 g/mol. The third-order valence-electron chi connectivity index (χ3n) is 2.58. The highest BCUT2D eigenvalue weighted by molar-refractivity contribution is 8.01. The van der Waals surface area contributed by atoms with Gasteiger partial charge < -0.3 is 0 Å². The number of hydrogen-bond acceptors (Lipinski definition) is 5. The van der Waals surface area contributed by atoms with Gasteiger partial charge in [-0.2, -0.15) is 0 Å². The Morgan fingerprint density at radius 3 is 2.80 bits per heavy atom. The number of thioether (sulfide) groups is 1. The number of anilines is 1. The summed E-state index contributed by atoms with van der Waals surface area (Å²) in [5.41, 5.74) is 1.83. The predicted molar refractivity (Wildman–Crippen MR) is 84.6 cm³/mol. The Hall–Kier alpha value is -1.66. The molecule has 2 rings (SSSR count). The maximum Gasteiger partial charge on any atom is 0.257 e. The van der Waals surface area contributed by atoms with Crippen LogP contribution in [0.3, 0.4) is 0 Å². The van der Waals surface area contributed by atoms with E-state index in [0.717, 1.165) is 16.5 Å². The first-order valence-electron chi connectivity index (χ1n) is 6.20. The molecule has 1 amide bonds. The number of carbonyl (C=O) groups excluding carboxylic acids is 1. The van der Waals surface area contributed by atoms with Crippen LogP contribution in [-0.2, 0) is 6.42 Å². The van der Waals surface area contributed by atoms with E-state index in [-0.39, 0.29) is 5.91 Å². The van der Waals surface area contributed by atoms with Gasteiger partial charge in [-0.25, -0.2) is 0 Å². The van der Waals surface area contributed by atoms with Crippen LogP contribution < -0.4 is 5.32 Å². The molecule has 1 heterocycles. The number of aromatic nitrogens is 2. The molecule has 6 heteroatoms. The summed E-state index contributed by atoms with van der Waals surface area (Å²) in [4.78, 5) is 12.0. The molecule has 1 aromatic carbocycles. The lowest BCUT2D eigenvalue weighted by molar-refractivity contribution is 0.102. The van der Waals surface area contributed by atoms with Crippen molar-refractivity contribution in [1.29, 1.82) is 0 Å². The lowest BCUT2D eigenvalue weighted by Crippen LogP contribution is -2.11. The number of rotatable bonds is 6. The second-order valence-corrected chi connectivity index (χ2v) is 6.22. The quantitative estimate of drug-likeness (QED) is 0.503. The maximum atomic E-state index is 12.0. The second-order valence-electron chi connectivity index (χ2n) is 3.98. The van der Waals surface area contributed by atoms with Crippen LogP contribution in [0.2, 0.25) is 0 Å². The van der Waals surface area contributed by atoms with Crippen molar-refractivity contribution >= 4 is 34.1 Å². The zero-order chi connectivity index (χ0) is 14.4. The molecule has 0 bridgehead atoms. The number of aryl methyl sites for hydroxylation is 1. The van der Waals surface area contributed by atoms with E-state index in [2.05, 4.69) is 29.0 Å². The Bertz CT molecular complexity index is 593. The van der Waals surface area contributed by atoms with E-state index >= 15 is 0 Å². The molecule has 0 atom stereocenters.